The third kappa shape index (κ3) is 4.98. The Labute approximate surface area is 180 Å². The second-order valence-electron chi connectivity index (χ2n) is 7.48. The van der Waals surface area contributed by atoms with Gasteiger partial charge in [-0.05, 0) is 36.2 Å². The van der Waals surface area contributed by atoms with E-state index in [1.807, 2.05) is 60.7 Å². The molecule has 3 aromatic carbocycles. The minimum atomic E-state index is -0.345. The lowest BCUT2D eigenvalue weighted by Crippen LogP contribution is -2.40. The van der Waals surface area contributed by atoms with E-state index in [-0.39, 0.29) is 24.4 Å². The topological polar surface area (TPSA) is 78.1 Å². The van der Waals surface area contributed by atoms with Gasteiger partial charge in [-0.15, -0.1) is 0 Å². The Morgan fingerprint density at radius 1 is 0.935 bits per heavy atom. The number of imidazole rings is 1. The van der Waals surface area contributed by atoms with E-state index in [1.165, 1.54) is 4.90 Å². The van der Waals surface area contributed by atoms with Crippen molar-refractivity contribution in [3.8, 4) is 0 Å². The van der Waals surface area contributed by atoms with Gasteiger partial charge in [-0.25, -0.2) is 4.98 Å². The first-order valence-corrected chi connectivity index (χ1v) is 10.2. The Morgan fingerprint density at radius 3 is 2.29 bits per heavy atom. The number of fused-ring (bicyclic) bond motifs is 1. The van der Waals surface area contributed by atoms with Crippen LogP contribution in [0, 0.1) is 0 Å². The molecule has 6 heteroatoms. The molecule has 0 spiro atoms. The van der Waals surface area contributed by atoms with E-state index in [0.29, 0.717) is 17.8 Å². The van der Waals surface area contributed by atoms with Gasteiger partial charge in [0.2, 0.25) is 5.91 Å². The molecule has 6 nitrogen and oxygen atoms in total. The summed E-state index contributed by atoms with van der Waals surface area (Å²) in [4.78, 5) is 34.8. The number of hydrogen-bond donors (Lipinski definition) is 2. The van der Waals surface area contributed by atoms with Crippen molar-refractivity contribution in [2.24, 2.45) is 0 Å². The quantitative estimate of drug-likeness (QED) is 0.485. The molecule has 4 rings (SSSR count). The van der Waals surface area contributed by atoms with Gasteiger partial charge in [0.1, 0.15) is 5.82 Å². The van der Waals surface area contributed by atoms with Crippen molar-refractivity contribution in [3.63, 3.8) is 0 Å². The standard InChI is InChI=1S/C25H24N4O2/c1-29(25(31)19-12-6-3-7-13-19)17-23(30)26-22(16-18-10-4-2-5-11-18)24-27-20-14-8-9-15-21(20)28-24/h2-15,22H,16-17H2,1H3,(H,26,30)(H,27,28)/t22-/m0/s1. The van der Waals surface area contributed by atoms with Gasteiger partial charge < -0.3 is 15.2 Å². The first kappa shape index (κ1) is 20.3. The van der Waals surface area contributed by atoms with Crippen molar-refractivity contribution in [1.29, 1.82) is 0 Å². The summed E-state index contributed by atoms with van der Waals surface area (Å²) < 4.78 is 0. The first-order chi connectivity index (χ1) is 15.1. The van der Waals surface area contributed by atoms with Crippen LogP contribution in [0.4, 0.5) is 0 Å². The summed E-state index contributed by atoms with van der Waals surface area (Å²) in [6.07, 6.45) is 0.586. The molecule has 31 heavy (non-hydrogen) atoms. The summed E-state index contributed by atoms with van der Waals surface area (Å²) in [7, 11) is 1.63. The lowest BCUT2D eigenvalue weighted by atomic mass is 10.1. The van der Waals surface area contributed by atoms with Crippen molar-refractivity contribution >= 4 is 22.8 Å². The largest absolute Gasteiger partial charge is 0.344 e. The second kappa shape index (κ2) is 9.26. The molecule has 156 valence electrons. The fourth-order valence-electron chi connectivity index (χ4n) is 3.53. The zero-order chi connectivity index (χ0) is 21.6. The molecule has 0 unspecified atom stereocenters. The lowest BCUT2D eigenvalue weighted by Gasteiger charge is -2.21. The fraction of sp³-hybridized carbons (Fsp3) is 0.160. The smallest absolute Gasteiger partial charge is 0.254 e. The number of carbonyl (C=O) groups excluding carboxylic acids is 2. The molecule has 0 saturated heterocycles. The van der Waals surface area contributed by atoms with E-state index in [9.17, 15) is 9.59 Å². The number of para-hydroxylation sites is 2. The molecule has 1 atom stereocenters. The van der Waals surface area contributed by atoms with Crippen molar-refractivity contribution in [1.82, 2.24) is 20.2 Å². The molecule has 0 radical (unpaired) electrons. The molecule has 1 heterocycles. The third-order valence-corrected chi connectivity index (χ3v) is 5.10. The van der Waals surface area contributed by atoms with Gasteiger partial charge in [0.25, 0.3) is 5.91 Å². The Bertz CT molecular complexity index is 1140. The summed E-state index contributed by atoms with van der Waals surface area (Å²) in [5, 5.41) is 3.05. The number of benzene rings is 3. The number of rotatable bonds is 7. The molecular weight excluding hydrogens is 388 g/mol. The van der Waals surface area contributed by atoms with E-state index in [1.54, 1.807) is 31.3 Å². The van der Waals surface area contributed by atoms with Crippen molar-refractivity contribution in [2.75, 3.05) is 13.6 Å². The average molecular weight is 412 g/mol. The highest BCUT2D eigenvalue weighted by Crippen LogP contribution is 2.20. The summed E-state index contributed by atoms with van der Waals surface area (Å²) >= 11 is 0. The van der Waals surface area contributed by atoms with E-state index < -0.39 is 0 Å². The number of aromatic amines is 1. The molecule has 2 N–H and O–H groups in total. The van der Waals surface area contributed by atoms with E-state index >= 15 is 0 Å². The summed E-state index contributed by atoms with van der Waals surface area (Å²) in [6, 6.07) is 26.3. The highest BCUT2D eigenvalue weighted by atomic mass is 16.2. The number of amides is 2. The zero-order valence-electron chi connectivity index (χ0n) is 17.3. The van der Waals surface area contributed by atoms with Crippen LogP contribution >= 0.6 is 0 Å². The van der Waals surface area contributed by atoms with Crippen LogP contribution in [0.2, 0.25) is 0 Å². The predicted molar refractivity (Wildman–Crippen MR) is 121 cm³/mol. The highest BCUT2D eigenvalue weighted by molar-refractivity contribution is 5.96. The van der Waals surface area contributed by atoms with Crippen molar-refractivity contribution in [3.05, 3.63) is 102 Å². The Balaban J connectivity index is 1.51. The molecule has 1 aromatic heterocycles. The van der Waals surface area contributed by atoms with Crippen molar-refractivity contribution in [2.45, 2.75) is 12.5 Å². The number of nitrogens with zero attached hydrogens (tertiary/aromatic N) is 2. The molecule has 0 fully saturated rings. The van der Waals surface area contributed by atoms with Crippen LogP contribution in [0.5, 0.6) is 0 Å². The third-order valence-electron chi connectivity index (χ3n) is 5.10. The number of hydrogen-bond acceptors (Lipinski definition) is 3. The van der Waals surface area contributed by atoms with E-state index in [0.717, 1.165) is 16.6 Å². The van der Waals surface area contributed by atoms with Crippen LogP contribution in [0.1, 0.15) is 27.8 Å². The van der Waals surface area contributed by atoms with Crippen molar-refractivity contribution < 1.29 is 9.59 Å². The summed E-state index contributed by atoms with van der Waals surface area (Å²) in [6.45, 7) is -0.0424. The molecule has 0 aliphatic rings. The van der Waals surface area contributed by atoms with E-state index in [4.69, 9.17) is 0 Å². The Hall–Kier alpha value is -3.93. The number of nitrogens with one attached hydrogen (secondary N) is 2. The molecule has 0 aliphatic carbocycles. The molecule has 0 bridgehead atoms. The van der Waals surface area contributed by atoms with Gasteiger partial charge in [-0.3, -0.25) is 9.59 Å². The minimum absolute atomic E-state index is 0.0424. The maximum absolute atomic E-state index is 12.8. The maximum atomic E-state index is 12.8. The van der Waals surface area contributed by atoms with Gasteiger partial charge >= 0.3 is 0 Å². The number of H-pyrrole nitrogens is 1. The molecule has 0 aliphatic heterocycles. The molecule has 4 aromatic rings. The first-order valence-electron chi connectivity index (χ1n) is 10.2. The zero-order valence-corrected chi connectivity index (χ0v) is 17.3. The second-order valence-corrected chi connectivity index (χ2v) is 7.48. The van der Waals surface area contributed by atoms with Crippen LogP contribution in [0.3, 0.4) is 0 Å². The van der Waals surface area contributed by atoms with Gasteiger partial charge in [-0.2, -0.15) is 0 Å². The number of carbonyl (C=O) groups is 2. The van der Waals surface area contributed by atoms with Gasteiger partial charge in [0.05, 0.1) is 23.6 Å². The van der Waals surface area contributed by atoms with Crippen LogP contribution in [-0.4, -0.2) is 40.3 Å². The highest BCUT2D eigenvalue weighted by Gasteiger charge is 2.21. The Morgan fingerprint density at radius 2 is 1.58 bits per heavy atom. The fourth-order valence-corrected chi connectivity index (χ4v) is 3.53. The lowest BCUT2D eigenvalue weighted by molar-refractivity contribution is -0.122. The van der Waals surface area contributed by atoms with Crippen LogP contribution < -0.4 is 5.32 Å². The molecule has 0 saturated carbocycles. The average Bonchev–Trinajstić information content (AvgIpc) is 3.24. The van der Waals surface area contributed by atoms with Gasteiger partial charge in [0.15, 0.2) is 0 Å². The summed E-state index contributed by atoms with van der Waals surface area (Å²) in [5.74, 6) is 0.253. The number of likely N-dealkylation sites (N-methyl/N-ethyl adjacent to an activating group) is 1. The monoisotopic (exact) mass is 412 g/mol. The number of aromatic nitrogens is 2. The SMILES string of the molecule is CN(CC(=O)N[C@@H](Cc1ccccc1)c1nc2ccccc2[nH]1)C(=O)c1ccccc1. The van der Waals surface area contributed by atoms with Gasteiger partial charge in [0, 0.05) is 12.6 Å². The van der Waals surface area contributed by atoms with Crippen LogP contribution in [0.15, 0.2) is 84.9 Å². The van der Waals surface area contributed by atoms with Crippen LogP contribution in [-0.2, 0) is 11.2 Å². The Kier molecular flexibility index (Phi) is 6.08. The molecule has 2 amide bonds. The predicted octanol–water partition coefficient (Wildman–Crippen LogP) is 3.74. The normalized spacial score (nSPS) is 11.8. The van der Waals surface area contributed by atoms with E-state index in [2.05, 4.69) is 15.3 Å². The molecular formula is C25H24N4O2. The van der Waals surface area contributed by atoms with Gasteiger partial charge in [-0.1, -0.05) is 60.7 Å². The minimum Gasteiger partial charge on any atom is -0.344 e. The van der Waals surface area contributed by atoms with Crippen LogP contribution in [0.25, 0.3) is 11.0 Å². The maximum Gasteiger partial charge on any atom is 0.254 e. The summed E-state index contributed by atoms with van der Waals surface area (Å²) in [5.41, 5.74) is 3.40.